The molecule has 0 aromatic carbocycles. The molecule has 0 saturated carbocycles. The van der Waals surface area contributed by atoms with Gasteiger partial charge >= 0.3 is 5.69 Å². The summed E-state index contributed by atoms with van der Waals surface area (Å²) >= 11 is 0. The Morgan fingerprint density at radius 1 is 1.27 bits per heavy atom. The zero-order chi connectivity index (χ0) is 10.3. The molecular formula is C7H9N7O. The number of hydrogen-bond acceptors (Lipinski definition) is 6. The molecule has 0 radical (unpaired) electrons. The van der Waals surface area contributed by atoms with E-state index >= 15 is 0 Å². The Morgan fingerprint density at radius 2 is 2.07 bits per heavy atom. The number of tetrazole rings is 1. The van der Waals surface area contributed by atoms with Crippen LogP contribution in [-0.4, -0.2) is 43.1 Å². The van der Waals surface area contributed by atoms with Gasteiger partial charge in [-0.1, -0.05) is 5.10 Å². The topological polar surface area (TPSA) is 92.1 Å². The number of fused-ring (bicyclic) bond motifs is 1. The first-order valence-corrected chi connectivity index (χ1v) is 4.78. The number of H-pyrrole nitrogens is 1. The van der Waals surface area contributed by atoms with Crippen molar-refractivity contribution in [3.8, 4) is 0 Å². The van der Waals surface area contributed by atoms with Crippen molar-refractivity contribution in [3.63, 3.8) is 0 Å². The second kappa shape index (κ2) is 3.01. The summed E-state index contributed by atoms with van der Waals surface area (Å²) in [5, 5.41) is 10.6. The molecule has 78 valence electrons. The predicted molar refractivity (Wildman–Crippen MR) is 50.6 cm³/mol. The van der Waals surface area contributed by atoms with Gasteiger partial charge < -0.3 is 4.90 Å². The van der Waals surface area contributed by atoms with Crippen LogP contribution in [0.25, 0.3) is 5.78 Å². The van der Waals surface area contributed by atoms with E-state index in [0.717, 1.165) is 30.4 Å². The maximum absolute atomic E-state index is 11.5. The highest BCUT2D eigenvalue weighted by molar-refractivity contribution is 5.36. The monoisotopic (exact) mass is 207 g/mol. The molecule has 0 unspecified atom stereocenters. The molecule has 1 saturated heterocycles. The molecule has 3 heterocycles. The molecule has 2 aromatic rings. The van der Waals surface area contributed by atoms with E-state index in [2.05, 4.69) is 25.5 Å². The van der Waals surface area contributed by atoms with Crippen molar-refractivity contribution in [2.75, 3.05) is 18.0 Å². The standard InChI is InChI=1S/C7H9N7O/c15-7-9-5(13-3-1-2-4-13)8-6-10-11-12-14(6)7/h1-4H2,(H,8,9,10,12,15). The maximum atomic E-state index is 11.5. The molecule has 1 fully saturated rings. The highest BCUT2D eigenvalue weighted by Gasteiger charge is 2.16. The van der Waals surface area contributed by atoms with Crippen molar-refractivity contribution in [2.24, 2.45) is 0 Å². The van der Waals surface area contributed by atoms with Crippen LogP contribution in [0, 0.1) is 0 Å². The highest BCUT2D eigenvalue weighted by atomic mass is 16.1. The van der Waals surface area contributed by atoms with Crippen molar-refractivity contribution in [1.29, 1.82) is 0 Å². The third kappa shape index (κ3) is 1.25. The molecule has 8 heteroatoms. The number of rotatable bonds is 1. The Hall–Kier alpha value is -1.99. The molecule has 2 aromatic heterocycles. The largest absolute Gasteiger partial charge is 0.353 e. The van der Waals surface area contributed by atoms with Gasteiger partial charge in [-0.05, 0) is 23.3 Å². The lowest BCUT2D eigenvalue weighted by Crippen LogP contribution is -2.27. The van der Waals surface area contributed by atoms with Gasteiger partial charge in [-0.3, -0.25) is 4.98 Å². The van der Waals surface area contributed by atoms with Gasteiger partial charge in [0.25, 0.3) is 5.78 Å². The summed E-state index contributed by atoms with van der Waals surface area (Å²) in [6.07, 6.45) is 2.25. The number of nitrogens with one attached hydrogen (secondary N) is 1. The minimum Gasteiger partial charge on any atom is -0.342 e. The third-order valence-corrected chi connectivity index (χ3v) is 2.48. The molecule has 0 amide bonds. The van der Waals surface area contributed by atoms with Crippen LogP contribution in [0.3, 0.4) is 0 Å². The average Bonchev–Trinajstić information content (AvgIpc) is 2.88. The van der Waals surface area contributed by atoms with Crippen LogP contribution in [0.2, 0.25) is 0 Å². The summed E-state index contributed by atoms with van der Waals surface area (Å²) in [5.41, 5.74) is -0.355. The average molecular weight is 207 g/mol. The molecule has 3 rings (SSSR count). The Kier molecular flexibility index (Phi) is 1.67. The zero-order valence-electron chi connectivity index (χ0n) is 7.92. The van der Waals surface area contributed by atoms with Crippen LogP contribution < -0.4 is 10.6 Å². The zero-order valence-corrected chi connectivity index (χ0v) is 7.92. The highest BCUT2D eigenvalue weighted by Crippen LogP contribution is 2.13. The summed E-state index contributed by atoms with van der Waals surface area (Å²) < 4.78 is 1.04. The normalized spacial score (nSPS) is 16.4. The minimum atomic E-state index is -0.355. The lowest BCUT2D eigenvalue weighted by Gasteiger charge is -2.14. The van der Waals surface area contributed by atoms with E-state index in [0.29, 0.717) is 5.95 Å². The maximum Gasteiger partial charge on any atom is 0.353 e. The number of aromatic amines is 1. The van der Waals surface area contributed by atoms with E-state index < -0.39 is 0 Å². The van der Waals surface area contributed by atoms with Gasteiger partial charge in [-0.2, -0.15) is 4.98 Å². The van der Waals surface area contributed by atoms with Crippen molar-refractivity contribution < 1.29 is 0 Å². The van der Waals surface area contributed by atoms with Gasteiger partial charge in [0.2, 0.25) is 5.95 Å². The van der Waals surface area contributed by atoms with E-state index in [9.17, 15) is 4.79 Å². The molecule has 0 spiro atoms. The fraction of sp³-hybridized carbons (Fsp3) is 0.571. The quantitative estimate of drug-likeness (QED) is 0.632. The molecule has 8 nitrogen and oxygen atoms in total. The number of nitrogens with zero attached hydrogens (tertiary/aromatic N) is 6. The first-order chi connectivity index (χ1) is 7.34. The van der Waals surface area contributed by atoms with Gasteiger partial charge in [0.1, 0.15) is 0 Å². The molecular weight excluding hydrogens is 198 g/mol. The molecule has 1 aliphatic rings. The molecule has 0 aliphatic carbocycles. The molecule has 0 atom stereocenters. The van der Waals surface area contributed by atoms with Crippen molar-refractivity contribution in [1.82, 2.24) is 30.0 Å². The Labute approximate surface area is 83.9 Å². The van der Waals surface area contributed by atoms with Gasteiger partial charge in [0.15, 0.2) is 0 Å². The fourth-order valence-corrected chi connectivity index (χ4v) is 1.73. The van der Waals surface area contributed by atoms with Crippen molar-refractivity contribution >= 4 is 11.7 Å². The van der Waals surface area contributed by atoms with Crippen LogP contribution in [0.4, 0.5) is 5.95 Å². The number of anilines is 1. The summed E-state index contributed by atoms with van der Waals surface area (Å²) in [4.78, 5) is 20.4. The Morgan fingerprint density at radius 3 is 2.87 bits per heavy atom. The first kappa shape index (κ1) is 8.33. The van der Waals surface area contributed by atoms with Crippen LogP contribution in [0.1, 0.15) is 12.8 Å². The SMILES string of the molecule is O=c1[nH]c(N2CCCC2)nc2nnnn12. The van der Waals surface area contributed by atoms with Gasteiger partial charge in [-0.25, -0.2) is 4.79 Å². The van der Waals surface area contributed by atoms with Crippen molar-refractivity contribution in [3.05, 3.63) is 10.5 Å². The molecule has 1 aliphatic heterocycles. The smallest absolute Gasteiger partial charge is 0.342 e. The van der Waals surface area contributed by atoms with Gasteiger partial charge in [0.05, 0.1) is 0 Å². The summed E-state index contributed by atoms with van der Waals surface area (Å²) in [7, 11) is 0. The second-order valence-corrected chi connectivity index (χ2v) is 3.45. The summed E-state index contributed by atoms with van der Waals surface area (Å²) in [6, 6.07) is 0. The summed E-state index contributed by atoms with van der Waals surface area (Å²) in [5.74, 6) is 0.792. The minimum absolute atomic E-state index is 0.237. The molecule has 15 heavy (non-hydrogen) atoms. The lowest BCUT2D eigenvalue weighted by atomic mass is 10.4. The van der Waals surface area contributed by atoms with Crippen molar-refractivity contribution in [2.45, 2.75) is 12.8 Å². The van der Waals surface area contributed by atoms with E-state index in [1.54, 1.807) is 0 Å². The Balaban J connectivity index is 2.15. The van der Waals surface area contributed by atoms with Crippen LogP contribution >= 0.6 is 0 Å². The molecule has 1 N–H and O–H groups in total. The van der Waals surface area contributed by atoms with E-state index in [4.69, 9.17) is 0 Å². The predicted octanol–water partition coefficient (Wildman–Crippen LogP) is -1.19. The van der Waals surface area contributed by atoms with E-state index in [1.165, 1.54) is 0 Å². The Bertz CT molecular complexity index is 538. The fourth-order valence-electron chi connectivity index (χ4n) is 1.73. The second-order valence-electron chi connectivity index (χ2n) is 3.45. The van der Waals surface area contributed by atoms with E-state index in [-0.39, 0.29) is 11.5 Å². The van der Waals surface area contributed by atoms with E-state index in [1.807, 2.05) is 4.90 Å². The lowest BCUT2D eigenvalue weighted by molar-refractivity contribution is 0.763. The summed E-state index contributed by atoms with van der Waals surface area (Å²) in [6.45, 7) is 1.83. The number of aromatic nitrogens is 6. The van der Waals surface area contributed by atoms with Gasteiger partial charge in [-0.15, -0.1) is 4.52 Å². The van der Waals surface area contributed by atoms with Crippen LogP contribution in [0.15, 0.2) is 4.79 Å². The van der Waals surface area contributed by atoms with Crippen LogP contribution in [0.5, 0.6) is 0 Å². The molecule has 0 bridgehead atoms. The first-order valence-electron chi connectivity index (χ1n) is 4.78. The number of hydrogen-bond donors (Lipinski definition) is 1. The van der Waals surface area contributed by atoms with Crippen LogP contribution in [-0.2, 0) is 0 Å². The van der Waals surface area contributed by atoms with Gasteiger partial charge in [0, 0.05) is 13.1 Å². The third-order valence-electron chi connectivity index (χ3n) is 2.48.